The first kappa shape index (κ1) is 14.9. The van der Waals surface area contributed by atoms with Gasteiger partial charge in [-0.25, -0.2) is 0 Å². The fraction of sp³-hybridized carbons (Fsp3) is 0.833. The van der Waals surface area contributed by atoms with Crippen molar-refractivity contribution >= 4 is 5.91 Å². The van der Waals surface area contributed by atoms with E-state index in [1.165, 1.54) is 0 Å². The van der Waals surface area contributed by atoms with Crippen LogP contribution in [0.2, 0.25) is 0 Å². The first-order valence-corrected chi connectivity index (χ1v) is 5.86. The summed E-state index contributed by atoms with van der Waals surface area (Å²) in [7, 11) is 1.89. The monoisotopic (exact) mass is 225 g/mol. The van der Waals surface area contributed by atoms with Crippen LogP contribution in [-0.4, -0.2) is 48.4 Å². The quantitative estimate of drug-likeness (QED) is 0.685. The highest BCUT2D eigenvalue weighted by atomic mass is 16.2. The SMILES string of the molecule is CCN(CC)C(=O)C(C)N(C)CC(C)C#N. The number of amides is 1. The number of hydrogen-bond donors (Lipinski definition) is 0. The second kappa shape index (κ2) is 7.24. The Morgan fingerprint density at radius 2 is 1.81 bits per heavy atom. The molecule has 0 aromatic carbocycles. The summed E-state index contributed by atoms with van der Waals surface area (Å²) in [5.41, 5.74) is 0. The molecule has 0 aliphatic rings. The molecule has 0 aromatic rings. The van der Waals surface area contributed by atoms with E-state index in [0.717, 1.165) is 13.1 Å². The smallest absolute Gasteiger partial charge is 0.239 e. The summed E-state index contributed by atoms with van der Waals surface area (Å²) >= 11 is 0. The Kier molecular flexibility index (Phi) is 6.75. The van der Waals surface area contributed by atoms with Crippen LogP contribution in [0.25, 0.3) is 0 Å². The van der Waals surface area contributed by atoms with E-state index in [2.05, 4.69) is 6.07 Å². The zero-order valence-electron chi connectivity index (χ0n) is 11.0. The number of hydrogen-bond acceptors (Lipinski definition) is 3. The second-order valence-electron chi connectivity index (χ2n) is 4.16. The van der Waals surface area contributed by atoms with Gasteiger partial charge in [0.25, 0.3) is 0 Å². The summed E-state index contributed by atoms with van der Waals surface area (Å²) in [5.74, 6) is 0.0922. The Morgan fingerprint density at radius 3 is 2.19 bits per heavy atom. The van der Waals surface area contributed by atoms with Crippen LogP contribution in [-0.2, 0) is 4.79 Å². The van der Waals surface area contributed by atoms with Crippen molar-refractivity contribution in [2.75, 3.05) is 26.7 Å². The number of nitrogens with zero attached hydrogens (tertiary/aromatic N) is 3. The summed E-state index contributed by atoms with van der Waals surface area (Å²) in [6.45, 7) is 9.82. The molecule has 1 amide bonds. The molecule has 0 spiro atoms. The molecular formula is C12H23N3O. The standard InChI is InChI=1S/C12H23N3O/c1-6-15(7-2)12(16)11(4)14(5)9-10(3)8-13/h10-11H,6-7,9H2,1-5H3. The van der Waals surface area contributed by atoms with Gasteiger partial charge >= 0.3 is 0 Å². The van der Waals surface area contributed by atoms with E-state index >= 15 is 0 Å². The number of carbonyl (C=O) groups is 1. The van der Waals surface area contributed by atoms with Crippen molar-refractivity contribution in [1.29, 1.82) is 5.26 Å². The van der Waals surface area contributed by atoms with E-state index in [4.69, 9.17) is 5.26 Å². The summed E-state index contributed by atoms with van der Waals surface area (Å²) < 4.78 is 0. The van der Waals surface area contributed by atoms with E-state index in [-0.39, 0.29) is 17.9 Å². The third-order valence-corrected chi connectivity index (χ3v) is 2.88. The van der Waals surface area contributed by atoms with Gasteiger partial charge in [-0.05, 0) is 34.7 Å². The molecule has 0 radical (unpaired) electrons. The fourth-order valence-corrected chi connectivity index (χ4v) is 1.62. The predicted molar refractivity (Wildman–Crippen MR) is 64.8 cm³/mol. The van der Waals surface area contributed by atoms with E-state index in [1.807, 2.05) is 44.5 Å². The van der Waals surface area contributed by atoms with Gasteiger partial charge < -0.3 is 4.90 Å². The highest BCUT2D eigenvalue weighted by Gasteiger charge is 2.22. The molecule has 92 valence electrons. The van der Waals surface area contributed by atoms with Crippen LogP contribution in [0.15, 0.2) is 0 Å². The molecule has 0 aromatic heterocycles. The first-order valence-electron chi connectivity index (χ1n) is 5.86. The van der Waals surface area contributed by atoms with Crippen molar-refractivity contribution in [3.63, 3.8) is 0 Å². The van der Waals surface area contributed by atoms with Crippen molar-refractivity contribution in [3.05, 3.63) is 0 Å². The summed E-state index contributed by atoms with van der Waals surface area (Å²) in [4.78, 5) is 15.8. The molecule has 0 rings (SSSR count). The van der Waals surface area contributed by atoms with Crippen LogP contribution in [0.5, 0.6) is 0 Å². The maximum absolute atomic E-state index is 12.0. The number of likely N-dealkylation sites (N-methyl/N-ethyl adjacent to an activating group) is 2. The lowest BCUT2D eigenvalue weighted by Crippen LogP contribution is -2.46. The molecule has 0 N–H and O–H groups in total. The minimum Gasteiger partial charge on any atom is -0.342 e. The van der Waals surface area contributed by atoms with Gasteiger partial charge in [0.1, 0.15) is 0 Å². The lowest BCUT2D eigenvalue weighted by Gasteiger charge is -2.29. The summed E-state index contributed by atoms with van der Waals surface area (Å²) in [6.07, 6.45) is 0. The van der Waals surface area contributed by atoms with Crippen molar-refractivity contribution in [2.24, 2.45) is 5.92 Å². The summed E-state index contributed by atoms with van der Waals surface area (Å²) in [5, 5.41) is 8.73. The zero-order chi connectivity index (χ0) is 12.7. The van der Waals surface area contributed by atoms with Gasteiger partial charge in [-0.2, -0.15) is 5.26 Å². The van der Waals surface area contributed by atoms with Crippen molar-refractivity contribution < 1.29 is 4.79 Å². The van der Waals surface area contributed by atoms with Crippen LogP contribution in [0.4, 0.5) is 0 Å². The van der Waals surface area contributed by atoms with Crippen LogP contribution in [0, 0.1) is 17.2 Å². The van der Waals surface area contributed by atoms with Gasteiger partial charge in [0.05, 0.1) is 18.0 Å². The molecule has 0 heterocycles. The minimum atomic E-state index is -0.157. The van der Waals surface area contributed by atoms with E-state index in [1.54, 1.807) is 0 Å². The summed E-state index contributed by atoms with van der Waals surface area (Å²) in [6, 6.07) is 2.02. The van der Waals surface area contributed by atoms with Gasteiger partial charge in [-0.3, -0.25) is 9.69 Å². The Labute approximate surface area is 98.8 Å². The molecule has 0 saturated carbocycles. The molecule has 0 saturated heterocycles. The van der Waals surface area contributed by atoms with Crippen LogP contribution >= 0.6 is 0 Å². The maximum atomic E-state index is 12.0. The Balaban J connectivity index is 4.37. The van der Waals surface area contributed by atoms with Crippen LogP contribution in [0.3, 0.4) is 0 Å². The topological polar surface area (TPSA) is 47.3 Å². The van der Waals surface area contributed by atoms with Gasteiger partial charge in [0.2, 0.25) is 5.91 Å². The third-order valence-electron chi connectivity index (χ3n) is 2.88. The average molecular weight is 225 g/mol. The number of nitriles is 1. The lowest BCUT2D eigenvalue weighted by atomic mass is 10.1. The molecular weight excluding hydrogens is 202 g/mol. The van der Waals surface area contributed by atoms with Crippen molar-refractivity contribution in [1.82, 2.24) is 9.80 Å². The first-order chi connectivity index (χ1) is 7.47. The predicted octanol–water partition coefficient (Wildman–Crippen LogP) is 1.33. The van der Waals surface area contributed by atoms with Gasteiger partial charge in [-0.15, -0.1) is 0 Å². The molecule has 2 atom stereocenters. The molecule has 4 heteroatoms. The van der Waals surface area contributed by atoms with Crippen molar-refractivity contribution in [2.45, 2.75) is 33.7 Å². The normalized spacial score (nSPS) is 14.3. The molecule has 0 bridgehead atoms. The van der Waals surface area contributed by atoms with Crippen LogP contribution < -0.4 is 0 Å². The largest absolute Gasteiger partial charge is 0.342 e. The third kappa shape index (κ3) is 4.19. The molecule has 0 aliphatic carbocycles. The van der Waals surface area contributed by atoms with E-state index < -0.39 is 0 Å². The van der Waals surface area contributed by atoms with Crippen molar-refractivity contribution in [3.8, 4) is 6.07 Å². The molecule has 4 nitrogen and oxygen atoms in total. The maximum Gasteiger partial charge on any atom is 0.239 e. The highest BCUT2D eigenvalue weighted by Crippen LogP contribution is 2.05. The number of rotatable bonds is 6. The Hall–Kier alpha value is -1.08. The lowest BCUT2D eigenvalue weighted by molar-refractivity contribution is -0.135. The number of carbonyl (C=O) groups excluding carboxylic acids is 1. The van der Waals surface area contributed by atoms with Gasteiger partial charge in [0, 0.05) is 19.6 Å². The zero-order valence-corrected chi connectivity index (χ0v) is 11.0. The highest BCUT2D eigenvalue weighted by molar-refractivity contribution is 5.81. The fourth-order valence-electron chi connectivity index (χ4n) is 1.62. The van der Waals surface area contributed by atoms with Gasteiger partial charge in [-0.1, -0.05) is 0 Å². The minimum absolute atomic E-state index is 0.0445. The van der Waals surface area contributed by atoms with E-state index in [0.29, 0.717) is 6.54 Å². The molecule has 2 unspecified atom stereocenters. The Bertz CT molecular complexity index is 255. The molecule has 0 fully saturated rings. The van der Waals surface area contributed by atoms with Crippen LogP contribution in [0.1, 0.15) is 27.7 Å². The Morgan fingerprint density at radius 1 is 1.31 bits per heavy atom. The van der Waals surface area contributed by atoms with E-state index in [9.17, 15) is 4.79 Å². The van der Waals surface area contributed by atoms with Gasteiger partial charge in [0.15, 0.2) is 0 Å². The molecule has 0 aliphatic heterocycles. The molecule has 16 heavy (non-hydrogen) atoms. The second-order valence-corrected chi connectivity index (χ2v) is 4.16. The average Bonchev–Trinajstić information content (AvgIpc) is 2.29.